The quantitative estimate of drug-likeness (QED) is 0.302. The number of amides is 1. The average Bonchev–Trinajstić information content (AvgIpc) is 3.42. The molecule has 8 nitrogen and oxygen atoms in total. The van der Waals surface area contributed by atoms with Crippen LogP contribution in [0.1, 0.15) is 43.5 Å². The van der Waals surface area contributed by atoms with Crippen molar-refractivity contribution in [1.82, 2.24) is 15.3 Å². The van der Waals surface area contributed by atoms with Gasteiger partial charge in [-0.2, -0.15) is 0 Å². The summed E-state index contributed by atoms with van der Waals surface area (Å²) in [4.78, 5) is 21.2. The third kappa shape index (κ3) is 8.24. The summed E-state index contributed by atoms with van der Waals surface area (Å²) in [6.45, 7) is 6.92. The summed E-state index contributed by atoms with van der Waals surface area (Å²) in [6.07, 6.45) is 2.94. The Morgan fingerprint density at radius 1 is 1.24 bits per heavy atom. The fourth-order valence-corrected chi connectivity index (χ4v) is 4.55. The third-order valence-electron chi connectivity index (χ3n) is 4.70. The molecule has 0 saturated heterocycles. The molecule has 0 spiro atoms. The highest BCUT2D eigenvalue weighted by Gasteiger charge is 2.19. The highest BCUT2D eigenvalue weighted by Crippen LogP contribution is 2.31. The zero-order valence-corrected chi connectivity index (χ0v) is 20.6. The first kappa shape index (κ1) is 25.4. The molecule has 0 saturated carbocycles. The zero-order valence-electron chi connectivity index (χ0n) is 19.0. The number of carbonyl (C=O) groups is 1. The number of thioether (sulfide) groups is 1. The second-order valence-electron chi connectivity index (χ2n) is 8.66. The van der Waals surface area contributed by atoms with E-state index < -0.39 is 6.10 Å². The van der Waals surface area contributed by atoms with Crippen LogP contribution in [0.3, 0.4) is 0 Å². The molecule has 2 heterocycles. The highest BCUT2D eigenvalue weighted by atomic mass is 32.2. The molecule has 0 radical (unpaired) electrons. The molecule has 0 aliphatic rings. The fourth-order valence-electron chi connectivity index (χ4n) is 2.81. The Bertz CT molecular complexity index is 1030. The van der Waals surface area contributed by atoms with Crippen molar-refractivity contribution in [2.75, 3.05) is 18.5 Å². The van der Waals surface area contributed by atoms with Crippen molar-refractivity contribution in [3.05, 3.63) is 59.4 Å². The average molecular weight is 491 g/mol. The summed E-state index contributed by atoms with van der Waals surface area (Å²) < 4.78 is 6.53. The van der Waals surface area contributed by atoms with E-state index in [2.05, 4.69) is 41.4 Å². The summed E-state index contributed by atoms with van der Waals surface area (Å²) >= 11 is 3.00. The van der Waals surface area contributed by atoms with E-state index >= 15 is 0 Å². The first-order chi connectivity index (χ1) is 15.7. The molecule has 0 bridgehead atoms. The molecule has 1 aromatic carbocycles. The molecule has 2 aromatic heterocycles. The van der Waals surface area contributed by atoms with Crippen LogP contribution in [0.15, 0.2) is 45.4 Å². The van der Waals surface area contributed by atoms with Crippen LogP contribution in [-0.4, -0.2) is 45.3 Å². The van der Waals surface area contributed by atoms with Gasteiger partial charge in [0.25, 0.3) is 0 Å². The number of thiazole rings is 1. The van der Waals surface area contributed by atoms with E-state index in [1.165, 1.54) is 11.3 Å². The number of nitrogens with one attached hydrogen (secondary N) is 2. The number of hydrogen-bond acceptors (Lipinski definition) is 9. The Morgan fingerprint density at radius 2 is 1.97 bits per heavy atom. The summed E-state index contributed by atoms with van der Waals surface area (Å²) in [7, 11) is 0. The van der Waals surface area contributed by atoms with Gasteiger partial charge in [-0.15, -0.1) is 11.8 Å². The lowest BCUT2D eigenvalue weighted by Crippen LogP contribution is -2.28. The van der Waals surface area contributed by atoms with Crippen LogP contribution in [0, 0.1) is 0 Å². The summed E-state index contributed by atoms with van der Waals surface area (Å²) in [5, 5.41) is 24.6. The van der Waals surface area contributed by atoms with E-state index in [-0.39, 0.29) is 24.3 Å². The predicted octanol–water partition coefficient (Wildman–Crippen LogP) is 3.34. The minimum Gasteiger partial charge on any atom is -0.448 e. The van der Waals surface area contributed by atoms with Gasteiger partial charge >= 0.3 is 0 Å². The van der Waals surface area contributed by atoms with Gasteiger partial charge in [0, 0.05) is 18.5 Å². The standard InChI is InChI=1S/C23H30N4O4S2/c1-23(2,3)18-13-31-20(26-18)14-32-21-11-25-22(33-21)27-19(30)8-15-4-6-16(7-5-15)9-24-10-17(29)12-28/h4-7,11,13,17,24,28-29H,8-10,12,14H2,1-3H3,(H,25,27,30)/t17-/m0/s1. The molecule has 0 aliphatic carbocycles. The maximum absolute atomic E-state index is 12.4. The van der Waals surface area contributed by atoms with E-state index in [1.54, 1.807) is 24.2 Å². The highest BCUT2D eigenvalue weighted by molar-refractivity contribution is 8.00. The minimum atomic E-state index is -0.763. The van der Waals surface area contributed by atoms with Crippen LogP contribution in [0.2, 0.25) is 0 Å². The number of carbonyl (C=O) groups excluding carboxylic acids is 1. The van der Waals surface area contributed by atoms with Crippen LogP contribution < -0.4 is 10.6 Å². The first-order valence-corrected chi connectivity index (χ1v) is 12.4. The number of aliphatic hydroxyl groups is 2. The maximum atomic E-state index is 12.4. The Labute approximate surface area is 201 Å². The molecule has 0 aliphatic heterocycles. The van der Waals surface area contributed by atoms with Gasteiger partial charge in [0.2, 0.25) is 11.8 Å². The molecule has 1 atom stereocenters. The molecule has 3 aromatic rings. The number of aliphatic hydroxyl groups excluding tert-OH is 2. The van der Waals surface area contributed by atoms with E-state index in [9.17, 15) is 9.90 Å². The van der Waals surface area contributed by atoms with Gasteiger partial charge in [0.1, 0.15) is 6.26 Å². The van der Waals surface area contributed by atoms with Crippen molar-refractivity contribution < 1.29 is 19.4 Å². The SMILES string of the molecule is CC(C)(C)c1coc(CSc2cnc(NC(=O)Cc3ccc(CNC[C@H](O)CO)cc3)s2)n1. The molecule has 0 unspecified atom stereocenters. The minimum absolute atomic E-state index is 0.0462. The molecule has 1 amide bonds. The van der Waals surface area contributed by atoms with Crippen molar-refractivity contribution in [3.63, 3.8) is 0 Å². The molecule has 178 valence electrons. The smallest absolute Gasteiger partial charge is 0.230 e. The van der Waals surface area contributed by atoms with Crippen molar-refractivity contribution in [3.8, 4) is 0 Å². The van der Waals surface area contributed by atoms with Crippen LogP contribution in [0.5, 0.6) is 0 Å². The second kappa shape index (κ2) is 11.8. The van der Waals surface area contributed by atoms with E-state index in [0.29, 0.717) is 29.9 Å². The van der Waals surface area contributed by atoms with Gasteiger partial charge in [-0.1, -0.05) is 56.4 Å². The van der Waals surface area contributed by atoms with Crippen molar-refractivity contribution in [1.29, 1.82) is 0 Å². The molecule has 33 heavy (non-hydrogen) atoms. The van der Waals surface area contributed by atoms with Crippen molar-refractivity contribution in [2.45, 2.75) is 55.2 Å². The lowest BCUT2D eigenvalue weighted by molar-refractivity contribution is -0.115. The summed E-state index contributed by atoms with van der Waals surface area (Å²) in [5.41, 5.74) is 2.82. The fraction of sp³-hybridized carbons (Fsp3) is 0.435. The largest absolute Gasteiger partial charge is 0.448 e. The Hall–Kier alpha value is -2.24. The number of aromatic nitrogens is 2. The lowest BCUT2D eigenvalue weighted by atomic mass is 9.93. The molecule has 4 N–H and O–H groups in total. The van der Waals surface area contributed by atoms with E-state index in [1.807, 2.05) is 24.3 Å². The van der Waals surface area contributed by atoms with Crippen LogP contribution in [0.25, 0.3) is 0 Å². The van der Waals surface area contributed by atoms with Gasteiger partial charge in [-0.05, 0) is 11.1 Å². The second-order valence-corrected chi connectivity index (χ2v) is 11.0. The molecular formula is C23H30N4O4S2. The van der Waals surface area contributed by atoms with Crippen molar-refractivity contribution in [2.24, 2.45) is 0 Å². The van der Waals surface area contributed by atoms with Gasteiger partial charge in [-0.25, -0.2) is 9.97 Å². The van der Waals surface area contributed by atoms with Gasteiger partial charge in [-0.3, -0.25) is 4.79 Å². The number of rotatable bonds is 11. The van der Waals surface area contributed by atoms with Gasteiger partial charge in [0.15, 0.2) is 5.13 Å². The van der Waals surface area contributed by atoms with Crippen LogP contribution in [-0.2, 0) is 28.9 Å². The van der Waals surface area contributed by atoms with Gasteiger partial charge < -0.3 is 25.3 Å². The number of benzene rings is 1. The summed E-state index contributed by atoms with van der Waals surface area (Å²) in [5.74, 6) is 1.15. The number of nitrogens with zero attached hydrogens (tertiary/aromatic N) is 2. The van der Waals surface area contributed by atoms with Crippen LogP contribution >= 0.6 is 23.1 Å². The van der Waals surface area contributed by atoms with Crippen LogP contribution in [0.4, 0.5) is 5.13 Å². The Morgan fingerprint density at radius 3 is 2.64 bits per heavy atom. The molecular weight excluding hydrogens is 460 g/mol. The molecule has 3 rings (SSSR count). The van der Waals surface area contributed by atoms with Crippen molar-refractivity contribution >= 4 is 34.1 Å². The monoisotopic (exact) mass is 490 g/mol. The lowest BCUT2D eigenvalue weighted by Gasteiger charge is -2.12. The normalized spacial score (nSPS) is 12.6. The Balaban J connectivity index is 1.43. The number of hydrogen-bond donors (Lipinski definition) is 4. The Kier molecular flexibility index (Phi) is 9.04. The van der Waals surface area contributed by atoms with E-state index in [4.69, 9.17) is 9.52 Å². The molecule has 10 heteroatoms. The third-order valence-corrected chi connectivity index (χ3v) is 6.79. The zero-order chi connectivity index (χ0) is 23.8. The number of anilines is 1. The first-order valence-electron chi connectivity index (χ1n) is 10.6. The topological polar surface area (TPSA) is 121 Å². The van der Waals surface area contributed by atoms with Gasteiger partial charge in [0.05, 0.1) is 41.0 Å². The maximum Gasteiger partial charge on any atom is 0.230 e. The summed E-state index contributed by atoms with van der Waals surface area (Å²) in [6, 6.07) is 7.69. The predicted molar refractivity (Wildman–Crippen MR) is 130 cm³/mol. The molecule has 0 fully saturated rings. The number of oxazole rings is 1. The van der Waals surface area contributed by atoms with E-state index in [0.717, 1.165) is 21.0 Å².